The van der Waals surface area contributed by atoms with Crippen LogP contribution in [0.2, 0.25) is 10.0 Å². The average molecular weight is 593 g/mol. The van der Waals surface area contributed by atoms with Crippen LogP contribution in [0.5, 0.6) is 11.8 Å². The van der Waals surface area contributed by atoms with Crippen LogP contribution in [-0.2, 0) is 0 Å². The number of methoxy groups -OCH3 is 2. The number of fused-ring (bicyclic) bond motifs is 10. The van der Waals surface area contributed by atoms with E-state index in [1.165, 1.54) is 14.2 Å². The van der Waals surface area contributed by atoms with E-state index in [1.807, 2.05) is 18.2 Å². The molecule has 2 aliphatic carbocycles. The number of pyridine rings is 4. The highest BCUT2D eigenvalue weighted by atomic mass is 35.5. The Balaban J connectivity index is 0.000000137. The molecule has 10 heteroatoms. The third-order valence-corrected chi connectivity index (χ3v) is 7.81. The molecule has 0 saturated carbocycles. The van der Waals surface area contributed by atoms with Gasteiger partial charge in [-0.1, -0.05) is 35.3 Å². The van der Waals surface area contributed by atoms with E-state index in [0.717, 1.165) is 33.0 Å². The predicted octanol–water partition coefficient (Wildman–Crippen LogP) is 7.01. The average Bonchev–Trinajstić information content (AvgIpc) is 3.48. The molecule has 0 amide bonds. The fraction of sp³-hybridized carbons (Fsp3) is 0.0625. The van der Waals surface area contributed by atoms with Gasteiger partial charge in [-0.05, 0) is 42.0 Å². The Bertz CT molecular complexity index is 2000. The van der Waals surface area contributed by atoms with Crippen molar-refractivity contribution >= 4 is 56.6 Å². The minimum absolute atomic E-state index is 0.0800. The molecule has 204 valence electrons. The highest BCUT2D eigenvalue weighted by Crippen LogP contribution is 2.45. The van der Waals surface area contributed by atoms with Gasteiger partial charge in [-0.2, -0.15) is 0 Å². The summed E-state index contributed by atoms with van der Waals surface area (Å²) in [6, 6.07) is 14.4. The van der Waals surface area contributed by atoms with E-state index in [1.54, 1.807) is 55.1 Å². The minimum Gasteiger partial charge on any atom is -0.480 e. The maximum absolute atomic E-state index is 12.6. The summed E-state index contributed by atoms with van der Waals surface area (Å²) in [6.45, 7) is 0. The largest absolute Gasteiger partial charge is 0.480 e. The van der Waals surface area contributed by atoms with Crippen LogP contribution in [0, 0.1) is 0 Å². The van der Waals surface area contributed by atoms with E-state index in [9.17, 15) is 9.59 Å². The van der Waals surface area contributed by atoms with Gasteiger partial charge in [0.1, 0.15) is 0 Å². The maximum atomic E-state index is 12.6. The van der Waals surface area contributed by atoms with Crippen molar-refractivity contribution in [2.75, 3.05) is 14.2 Å². The van der Waals surface area contributed by atoms with Crippen LogP contribution in [0.15, 0.2) is 73.3 Å². The zero-order valence-corrected chi connectivity index (χ0v) is 23.6. The molecule has 0 spiro atoms. The molecule has 0 fully saturated rings. The summed E-state index contributed by atoms with van der Waals surface area (Å²) in [7, 11) is 3.01. The summed E-state index contributed by atoms with van der Waals surface area (Å²) in [5.74, 6) is 0.458. The van der Waals surface area contributed by atoms with Crippen molar-refractivity contribution in [3.05, 3.63) is 106 Å². The number of carbonyl (C=O) groups excluding carboxylic acids is 2. The molecule has 0 atom stereocenters. The Kier molecular flexibility index (Phi) is 6.11. The first-order valence-corrected chi connectivity index (χ1v) is 13.5. The fourth-order valence-electron chi connectivity index (χ4n) is 5.56. The second kappa shape index (κ2) is 9.87. The van der Waals surface area contributed by atoms with Crippen LogP contribution in [0.3, 0.4) is 0 Å². The second-order valence-corrected chi connectivity index (χ2v) is 10.4. The molecule has 0 N–H and O–H groups in total. The first-order valence-electron chi connectivity index (χ1n) is 12.7. The van der Waals surface area contributed by atoms with E-state index in [4.69, 9.17) is 32.7 Å². The van der Waals surface area contributed by atoms with Crippen molar-refractivity contribution in [1.82, 2.24) is 19.9 Å². The van der Waals surface area contributed by atoms with Crippen LogP contribution in [0.25, 0.3) is 44.1 Å². The summed E-state index contributed by atoms with van der Waals surface area (Å²) >= 11 is 12.1. The fourth-order valence-corrected chi connectivity index (χ4v) is 5.89. The summed E-state index contributed by atoms with van der Waals surface area (Å²) in [4.78, 5) is 42.2. The van der Waals surface area contributed by atoms with Gasteiger partial charge in [0, 0.05) is 73.4 Å². The first kappa shape index (κ1) is 26.0. The van der Waals surface area contributed by atoms with Crippen LogP contribution in [0.1, 0.15) is 31.8 Å². The number of hydrogen-bond donors (Lipinski definition) is 0. The molecule has 0 aliphatic heterocycles. The molecular weight excluding hydrogens is 575 g/mol. The van der Waals surface area contributed by atoms with Gasteiger partial charge in [-0.3, -0.25) is 19.6 Å². The molecular formula is C32H18Cl2N4O4. The number of ketones is 2. The molecule has 42 heavy (non-hydrogen) atoms. The maximum Gasteiger partial charge on any atom is 0.225 e. The molecule has 2 aliphatic rings. The topological polar surface area (TPSA) is 104 Å². The number of hydrogen-bond acceptors (Lipinski definition) is 8. The van der Waals surface area contributed by atoms with Crippen LogP contribution < -0.4 is 9.47 Å². The summed E-state index contributed by atoms with van der Waals surface area (Å²) in [5, 5.41) is 2.94. The summed E-state index contributed by atoms with van der Waals surface area (Å²) in [5.41, 5.74) is 6.93. The molecule has 0 saturated heterocycles. The van der Waals surface area contributed by atoms with Crippen LogP contribution in [-0.4, -0.2) is 45.7 Å². The minimum atomic E-state index is -0.102. The number of aromatic nitrogens is 4. The van der Waals surface area contributed by atoms with Crippen molar-refractivity contribution in [3.63, 3.8) is 0 Å². The summed E-state index contributed by atoms with van der Waals surface area (Å²) < 4.78 is 10.6. The molecule has 4 heterocycles. The Morgan fingerprint density at radius 3 is 1.60 bits per heavy atom. The lowest BCUT2D eigenvalue weighted by atomic mass is 10.0. The number of carbonyl (C=O) groups is 2. The molecule has 2 aromatic carbocycles. The van der Waals surface area contributed by atoms with Gasteiger partial charge in [0.15, 0.2) is 5.78 Å². The van der Waals surface area contributed by atoms with Crippen LogP contribution in [0.4, 0.5) is 0 Å². The smallest absolute Gasteiger partial charge is 0.225 e. The van der Waals surface area contributed by atoms with Gasteiger partial charge < -0.3 is 9.47 Å². The van der Waals surface area contributed by atoms with Crippen molar-refractivity contribution in [2.24, 2.45) is 0 Å². The molecule has 8 nitrogen and oxygen atoms in total. The molecule has 0 unspecified atom stereocenters. The highest BCUT2D eigenvalue weighted by Gasteiger charge is 2.34. The number of rotatable bonds is 2. The third-order valence-electron chi connectivity index (χ3n) is 7.34. The van der Waals surface area contributed by atoms with Gasteiger partial charge in [0.25, 0.3) is 0 Å². The van der Waals surface area contributed by atoms with Gasteiger partial charge in [0.2, 0.25) is 17.5 Å². The normalized spacial score (nSPS) is 12.4. The lowest BCUT2D eigenvalue weighted by molar-refractivity contribution is 0.103. The first-order chi connectivity index (χ1) is 20.4. The number of nitrogens with zero attached hydrogens (tertiary/aromatic N) is 4. The lowest BCUT2D eigenvalue weighted by Crippen LogP contribution is -2.01. The quantitative estimate of drug-likeness (QED) is 0.211. The zero-order valence-electron chi connectivity index (χ0n) is 22.1. The number of benzene rings is 2. The standard InChI is InChI=1S/2C16H9ClN2O2/c1-21-16-14-13(10-3-2-8(17)6-12(10)19-16)11-7-18-5-4-9(11)15(14)20;1-21-16-14-13(9-4-5-18-7-11(9)15(14)20)10-3-2-8(17)6-12(10)19-16/h2*2-7H,1H3. The SMILES string of the molecule is COc1nc2cc(Cl)ccc2c2c1C(=O)c1ccncc1-2.COc1nc2cc(Cl)ccc2c2c1C(=O)c1cnccc1-2. The van der Waals surface area contributed by atoms with Crippen molar-refractivity contribution < 1.29 is 19.1 Å². The monoisotopic (exact) mass is 592 g/mol. The predicted molar refractivity (Wildman–Crippen MR) is 160 cm³/mol. The second-order valence-electron chi connectivity index (χ2n) is 9.57. The van der Waals surface area contributed by atoms with Gasteiger partial charge >= 0.3 is 0 Å². The summed E-state index contributed by atoms with van der Waals surface area (Å²) in [6.07, 6.45) is 6.57. The van der Waals surface area contributed by atoms with Gasteiger partial charge in [0.05, 0.1) is 36.4 Å². The highest BCUT2D eigenvalue weighted by molar-refractivity contribution is 6.33. The zero-order chi connectivity index (χ0) is 29.1. The van der Waals surface area contributed by atoms with E-state index in [0.29, 0.717) is 55.1 Å². The number of ether oxygens (including phenoxy) is 2. The third kappa shape index (κ3) is 3.83. The Hall–Kier alpha value is -4.92. The Morgan fingerprint density at radius 2 is 1.05 bits per heavy atom. The van der Waals surface area contributed by atoms with Gasteiger partial charge in [-0.25, -0.2) is 9.97 Å². The van der Waals surface area contributed by atoms with E-state index >= 15 is 0 Å². The van der Waals surface area contributed by atoms with E-state index in [2.05, 4.69) is 19.9 Å². The molecule has 0 bridgehead atoms. The van der Waals surface area contributed by atoms with E-state index < -0.39 is 0 Å². The molecule has 4 aromatic heterocycles. The molecule has 8 rings (SSSR count). The Morgan fingerprint density at radius 1 is 0.571 bits per heavy atom. The Labute approximate surface area is 248 Å². The number of halogens is 2. The van der Waals surface area contributed by atoms with Crippen molar-refractivity contribution in [3.8, 4) is 34.0 Å². The van der Waals surface area contributed by atoms with Crippen molar-refractivity contribution in [1.29, 1.82) is 0 Å². The molecule has 0 radical (unpaired) electrons. The molecule has 6 aromatic rings. The lowest BCUT2D eigenvalue weighted by Gasteiger charge is -2.09. The van der Waals surface area contributed by atoms with Gasteiger partial charge in [-0.15, -0.1) is 0 Å². The van der Waals surface area contributed by atoms with E-state index in [-0.39, 0.29) is 11.6 Å². The van der Waals surface area contributed by atoms with Crippen molar-refractivity contribution in [2.45, 2.75) is 0 Å². The van der Waals surface area contributed by atoms with Crippen LogP contribution >= 0.6 is 23.2 Å².